The number of nitrogens with zero attached hydrogens (tertiary/aromatic N) is 1. The Kier molecular flexibility index (Phi) is 4.59. The summed E-state index contributed by atoms with van der Waals surface area (Å²) >= 11 is 0. The Morgan fingerprint density at radius 2 is 2.05 bits per heavy atom. The molecule has 0 saturated carbocycles. The molecule has 0 aromatic rings. The molecule has 2 aliphatic heterocycles. The maximum Gasteiger partial charge on any atom is 0.326 e. The summed E-state index contributed by atoms with van der Waals surface area (Å²) in [5.41, 5.74) is 0. The minimum absolute atomic E-state index is 0.186. The van der Waals surface area contributed by atoms with E-state index < -0.39 is 18.1 Å². The zero-order valence-corrected chi connectivity index (χ0v) is 11.6. The van der Waals surface area contributed by atoms with Crippen molar-refractivity contribution in [2.24, 2.45) is 0 Å². The van der Waals surface area contributed by atoms with Gasteiger partial charge in [0.25, 0.3) is 0 Å². The quantitative estimate of drug-likeness (QED) is 0.635. The number of hydrogen-bond donors (Lipinski definition) is 3. The van der Waals surface area contributed by atoms with E-state index in [0.29, 0.717) is 19.4 Å². The lowest BCUT2D eigenvalue weighted by Crippen LogP contribution is -2.53. The molecule has 2 saturated heterocycles. The highest BCUT2D eigenvalue weighted by atomic mass is 16.4. The Hall–Kier alpha value is -1.63. The molecule has 2 rings (SSSR count). The van der Waals surface area contributed by atoms with Crippen LogP contribution in [0, 0.1) is 0 Å². The summed E-state index contributed by atoms with van der Waals surface area (Å²) in [6.45, 7) is 2.86. The van der Waals surface area contributed by atoms with E-state index in [2.05, 4.69) is 10.6 Å². The monoisotopic (exact) mass is 283 g/mol. The highest BCUT2D eigenvalue weighted by Gasteiger charge is 2.36. The minimum atomic E-state index is -0.980. The fraction of sp³-hybridized carbons (Fsp3) is 0.769. The Morgan fingerprint density at radius 1 is 1.30 bits per heavy atom. The van der Waals surface area contributed by atoms with Gasteiger partial charge in [-0.3, -0.25) is 9.59 Å². The fourth-order valence-corrected chi connectivity index (χ4v) is 2.82. The van der Waals surface area contributed by atoms with Gasteiger partial charge in [-0.1, -0.05) is 0 Å². The van der Waals surface area contributed by atoms with Crippen LogP contribution in [-0.4, -0.2) is 59.0 Å². The third-order valence-electron chi connectivity index (χ3n) is 3.93. The van der Waals surface area contributed by atoms with Crippen molar-refractivity contribution in [3.8, 4) is 0 Å². The van der Waals surface area contributed by atoms with Gasteiger partial charge in [-0.05, 0) is 39.2 Å². The molecule has 112 valence electrons. The first-order valence-electron chi connectivity index (χ1n) is 7.07. The number of carbonyl (C=O) groups is 3. The molecule has 7 nitrogen and oxygen atoms in total. The second kappa shape index (κ2) is 6.21. The molecule has 0 bridgehead atoms. The molecule has 0 aromatic heterocycles. The summed E-state index contributed by atoms with van der Waals surface area (Å²) in [6.07, 6.45) is 2.89. The van der Waals surface area contributed by atoms with Gasteiger partial charge in [0.05, 0.1) is 6.04 Å². The van der Waals surface area contributed by atoms with E-state index in [1.807, 2.05) is 0 Å². The Balaban J connectivity index is 1.91. The van der Waals surface area contributed by atoms with E-state index in [-0.39, 0.29) is 17.9 Å². The van der Waals surface area contributed by atoms with Gasteiger partial charge in [0.2, 0.25) is 11.8 Å². The zero-order chi connectivity index (χ0) is 14.7. The van der Waals surface area contributed by atoms with Gasteiger partial charge < -0.3 is 20.6 Å². The summed E-state index contributed by atoms with van der Waals surface area (Å²) in [5, 5.41) is 14.8. The molecule has 2 heterocycles. The van der Waals surface area contributed by atoms with Crippen LogP contribution in [0.2, 0.25) is 0 Å². The van der Waals surface area contributed by atoms with Crippen molar-refractivity contribution in [1.82, 2.24) is 15.5 Å². The van der Waals surface area contributed by atoms with Crippen molar-refractivity contribution in [2.45, 2.75) is 50.7 Å². The highest BCUT2D eigenvalue weighted by Crippen LogP contribution is 2.18. The largest absolute Gasteiger partial charge is 0.480 e. The number of carboxylic acids is 1. The lowest BCUT2D eigenvalue weighted by Gasteiger charge is -2.26. The van der Waals surface area contributed by atoms with Crippen molar-refractivity contribution >= 4 is 17.8 Å². The van der Waals surface area contributed by atoms with E-state index in [4.69, 9.17) is 5.11 Å². The Labute approximate surface area is 117 Å². The van der Waals surface area contributed by atoms with Crippen molar-refractivity contribution in [2.75, 3.05) is 13.1 Å². The van der Waals surface area contributed by atoms with Crippen molar-refractivity contribution in [3.63, 3.8) is 0 Å². The standard InChI is InChI=1S/C13H21N3O4/c1-8(15-11(17)9-4-2-6-14-9)12(18)16-7-3-5-10(16)13(19)20/h8-10,14H,2-7H2,1H3,(H,15,17)(H,19,20)/t8-,9-,10+/m0/s1. The second-order valence-electron chi connectivity index (χ2n) is 5.41. The van der Waals surface area contributed by atoms with Crippen LogP contribution in [0.5, 0.6) is 0 Å². The van der Waals surface area contributed by atoms with Crippen LogP contribution in [-0.2, 0) is 14.4 Å². The van der Waals surface area contributed by atoms with Crippen molar-refractivity contribution in [3.05, 3.63) is 0 Å². The molecule has 0 aliphatic carbocycles. The fourth-order valence-electron chi connectivity index (χ4n) is 2.82. The Bertz CT molecular complexity index is 406. The van der Waals surface area contributed by atoms with Crippen LogP contribution in [0.1, 0.15) is 32.6 Å². The first kappa shape index (κ1) is 14.8. The maximum atomic E-state index is 12.2. The maximum absolute atomic E-state index is 12.2. The van der Waals surface area contributed by atoms with Crippen LogP contribution in [0.3, 0.4) is 0 Å². The lowest BCUT2D eigenvalue weighted by atomic mass is 10.2. The first-order chi connectivity index (χ1) is 9.50. The van der Waals surface area contributed by atoms with E-state index in [9.17, 15) is 14.4 Å². The van der Waals surface area contributed by atoms with Crippen LogP contribution in [0.4, 0.5) is 0 Å². The molecule has 3 atom stereocenters. The molecule has 2 amide bonds. The molecule has 0 unspecified atom stereocenters. The molecular weight excluding hydrogens is 262 g/mol. The topological polar surface area (TPSA) is 98.7 Å². The Morgan fingerprint density at radius 3 is 2.65 bits per heavy atom. The average Bonchev–Trinajstić information content (AvgIpc) is 3.08. The summed E-state index contributed by atoms with van der Waals surface area (Å²) in [7, 11) is 0. The van der Waals surface area contributed by atoms with E-state index in [0.717, 1.165) is 19.4 Å². The molecule has 20 heavy (non-hydrogen) atoms. The van der Waals surface area contributed by atoms with Crippen molar-refractivity contribution in [1.29, 1.82) is 0 Å². The minimum Gasteiger partial charge on any atom is -0.480 e. The first-order valence-corrected chi connectivity index (χ1v) is 7.07. The molecule has 2 aliphatic rings. The normalized spacial score (nSPS) is 27.4. The van der Waals surface area contributed by atoms with Crippen molar-refractivity contribution < 1.29 is 19.5 Å². The van der Waals surface area contributed by atoms with Gasteiger partial charge >= 0.3 is 5.97 Å². The third kappa shape index (κ3) is 3.09. The number of rotatable bonds is 4. The predicted octanol–water partition coefficient (Wildman–Crippen LogP) is -0.681. The second-order valence-corrected chi connectivity index (χ2v) is 5.41. The third-order valence-corrected chi connectivity index (χ3v) is 3.93. The molecular formula is C13H21N3O4. The molecule has 3 N–H and O–H groups in total. The number of amides is 2. The molecule has 0 spiro atoms. The van der Waals surface area contributed by atoms with Crippen LogP contribution >= 0.6 is 0 Å². The molecule has 2 fully saturated rings. The van der Waals surface area contributed by atoms with Crippen LogP contribution < -0.4 is 10.6 Å². The number of hydrogen-bond acceptors (Lipinski definition) is 4. The lowest BCUT2D eigenvalue weighted by molar-refractivity contribution is -0.149. The SMILES string of the molecule is C[C@H](NC(=O)[C@@H]1CCCN1)C(=O)N1CCC[C@@H]1C(=O)O. The predicted molar refractivity (Wildman–Crippen MR) is 71.0 cm³/mol. The van der Waals surface area contributed by atoms with Gasteiger partial charge in [0.1, 0.15) is 12.1 Å². The highest BCUT2D eigenvalue weighted by molar-refractivity contribution is 5.92. The number of nitrogens with one attached hydrogen (secondary N) is 2. The summed E-state index contributed by atoms with van der Waals surface area (Å²) in [4.78, 5) is 36.6. The van der Waals surface area contributed by atoms with Gasteiger partial charge in [-0.15, -0.1) is 0 Å². The average molecular weight is 283 g/mol. The number of carboxylic acid groups (broad SMARTS) is 1. The summed E-state index contributed by atoms with van der Waals surface area (Å²) < 4.78 is 0. The van der Waals surface area contributed by atoms with Gasteiger partial charge in [0.15, 0.2) is 0 Å². The van der Waals surface area contributed by atoms with E-state index in [1.165, 1.54) is 4.90 Å². The van der Waals surface area contributed by atoms with Gasteiger partial charge in [0, 0.05) is 6.54 Å². The number of aliphatic carboxylic acids is 1. The van der Waals surface area contributed by atoms with Gasteiger partial charge in [-0.25, -0.2) is 4.79 Å². The summed E-state index contributed by atoms with van der Waals surface area (Å²) in [6, 6.07) is -1.68. The zero-order valence-electron chi connectivity index (χ0n) is 11.6. The van der Waals surface area contributed by atoms with Gasteiger partial charge in [-0.2, -0.15) is 0 Å². The number of likely N-dealkylation sites (tertiary alicyclic amines) is 1. The molecule has 0 radical (unpaired) electrons. The number of carbonyl (C=O) groups excluding carboxylic acids is 2. The molecule has 7 heteroatoms. The van der Waals surface area contributed by atoms with Crippen LogP contribution in [0.25, 0.3) is 0 Å². The summed E-state index contributed by atoms with van der Waals surface area (Å²) in [5.74, 6) is -1.48. The smallest absolute Gasteiger partial charge is 0.326 e. The van der Waals surface area contributed by atoms with E-state index in [1.54, 1.807) is 6.92 Å². The van der Waals surface area contributed by atoms with Crippen LogP contribution in [0.15, 0.2) is 0 Å². The molecule has 0 aromatic carbocycles. The van der Waals surface area contributed by atoms with E-state index >= 15 is 0 Å².